The number of halogens is 3. The molecule has 6 heteroatoms. The van der Waals surface area contributed by atoms with Crippen molar-refractivity contribution in [2.45, 2.75) is 19.5 Å². The van der Waals surface area contributed by atoms with Crippen molar-refractivity contribution < 1.29 is 22.7 Å². The van der Waals surface area contributed by atoms with E-state index in [1.807, 2.05) is 0 Å². The van der Waals surface area contributed by atoms with E-state index < -0.39 is 18.5 Å². The van der Waals surface area contributed by atoms with Crippen molar-refractivity contribution in [1.29, 1.82) is 0 Å². The number of nitrogens with one attached hydrogen (secondary N) is 1. The zero-order chi connectivity index (χ0) is 11.9. The third kappa shape index (κ3) is 10.9. The summed E-state index contributed by atoms with van der Waals surface area (Å²) in [5.74, 6) is -1.04. The Labute approximate surface area is 86.3 Å². The van der Waals surface area contributed by atoms with Gasteiger partial charge in [-0.2, -0.15) is 13.2 Å². The molecule has 0 aromatic heterocycles. The summed E-state index contributed by atoms with van der Waals surface area (Å²) in [5.41, 5.74) is 0.816. The number of amides is 1. The van der Waals surface area contributed by atoms with Crippen LogP contribution in [0, 0.1) is 0 Å². The predicted octanol–water partition coefficient (Wildman–Crippen LogP) is 1.65. The van der Waals surface area contributed by atoms with Crippen LogP contribution in [0.25, 0.3) is 0 Å². The van der Waals surface area contributed by atoms with Crippen molar-refractivity contribution in [3.63, 3.8) is 0 Å². The largest absolute Gasteiger partial charge is 0.397 e. The highest BCUT2D eigenvalue weighted by atomic mass is 19.4. The molecule has 1 N–H and O–H groups in total. The number of alkyl halides is 3. The first kappa shape index (κ1) is 14.0. The van der Waals surface area contributed by atoms with Gasteiger partial charge in [-0.05, 0) is 6.92 Å². The molecule has 15 heavy (non-hydrogen) atoms. The third-order valence-electron chi connectivity index (χ3n) is 1.28. The van der Waals surface area contributed by atoms with Crippen molar-refractivity contribution in [3.05, 3.63) is 12.2 Å². The molecule has 88 valence electrons. The number of rotatable bonds is 6. The van der Waals surface area contributed by atoms with Gasteiger partial charge in [0.2, 0.25) is 5.91 Å². The van der Waals surface area contributed by atoms with Crippen LogP contribution in [0.1, 0.15) is 13.3 Å². The van der Waals surface area contributed by atoms with Gasteiger partial charge >= 0.3 is 6.18 Å². The summed E-state index contributed by atoms with van der Waals surface area (Å²) < 4.78 is 40.0. The van der Waals surface area contributed by atoms with Gasteiger partial charge in [-0.25, -0.2) is 0 Å². The molecule has 0 heterocycles. The second-order valence-corrected chi connectivity index (χ2v) is 3.15. The standard InChI is InChI=1S/C9H14F3NO2/c1-7(2)6-15-4-3-13-8(14)5-9(10,11)12/h1,3-6H2,2H3,(H,13,14). The summed E-state index contributed by atoms with van der Waals surface area (Å²) in [6.07, 6.45) is -5.91. The van der Waals surface area contributed by atoms with Crippen LogP contribution in [-0.4, -0.2) is 31.8 Å². The fourth-order valence-corrected chi connectivity index (χ4v) is 0.754. The lowest BCUT2D eigenvalue weighted by atomic mass is 10.4. The Morgan fingerprint density at radius 2 is 2.07 bits per heavy atom. The van der Waals surface area contributed by atoms with Gasteiger partial charge in [0.1, 0.15) is 6.42 Å². The Balaban J connectivity index is 3.44. The van der Waals surface area contributed by atoms with Crippen LogP contribution in [0.3, 0.4) is 0 Å². The van der Waals surface area contributed by atoms with Crippen LogP contribution >= 0.6 is 0 Å². The molecule has 0 rings (SSSR count). The van der Waals surface area contributed by atoms with Crippen LogP contribution in [0.2, 0.25) is 0 Å². The van der Waals surface area contributed by atoms with Gasteiger partial charge in [0.05, 0.1) is 13.2 Å². The normalized spacial score (nSPS) is 11.2. The Hall–Kier alpha value is -1.04. The monoisotopic (exact) mass is 225 g/mol. The molecule has 0 unspecified atom stereocenters. The summed E-state index contributed by atoms with van der Waals surface area (Å²) in [6.45, 7) is 5.93. The fourth-order valence-electron chi connectivity index (χ4n) is 0.754. The zero-order valence-corrected chi connectivity index (χ0v) is 8.49. The Kier molecular flexibility index (Phi) is 6.00. The molecule has 0 aromatic rings. The van der Waals surface area contributed by atoms with E-state index in [1.54, 1.807) is 6.92 Å². The Morgan fingerprint density at radius 1 is 1.47 bits per heavy atom. The predicted molar refractivity (Wildman–Crippen MR) is 49.3 cm³/mol. The van der Waals surface area contributed by atoms with Crippen LogP contribution in [0.4, 0.5) is 13.2 Å². The molecule has 0 bridgehead atoms. The molecule has 0 fully saturated rings. The van der Waals surface area contributed by atoms with Gasteiger partial charge < -0.3 is 10.1 Å². The SMILES string of the molecule is C=C(C)COCCNC(=O)CC(F)(F)F. The van der Waals surface area contributed by atoms with E-state index in [0.29, 0.717) is 6.61 Å². The molecule has 0 spiro atoms. The van der Waals surface area contributed by atoms with Crippen LogP contribution in [-0.2, 0) is 9.53 Å². The Bertz CT molecular complexity index is 226. The van der Waals surface area contributed by atoms with Crippen LogP contribution in [0.5, 0.6) is 0 Å². The van der Waals surface area contributed by atoms with E-state index in [4.69, 9.17) is 4.74 Å². The van der Waals surface area contributed by atoms with Gasteiger partial charge in [-0.1, -0.05) is 12.2 Å². The average molecular weight is 225 g/mol. The van der Waals surface area contributed by atoms with E-state index in [9.17, 15) is 18.0 Å². The maximum absolute atomic E-state index is 11.7. The molecular formula is C9H14F3NO2. The lowest BCUT2D eigenvalue weighted by Crippen LogP contribution is -2.31. The number of carbonyl (C=O) groups excluding carboxylic acids is 1. The molecule has 0 saturated carbocycles. The lowest BCUT2D eigenvalue weighted by Gasteiger charge is -2.08. The fraction of sp³-hybridized carbons (Fsp3) is 0.667. The molecule has 0 radical (unpaired) electrons. The van der Waals surface area contributed by atoms with Gasteiger partial charge in [0.15, 0.2) is 0 Å². The summed E-state index contributed by atoms with van der Waals surface area (Å²) in [4.78, 5) is 10.7. The number of carbonyl (C=O) groups is 1. The highest BCUT2D eigenvalue weighted by Crippen LogP contribution is 2.18. The Morgan fingerprint density at radius 3 is 2.53 bits per heavy atom. The molecule has 0 atom stereocenters. The van der Waals surface area contributed by atoms with Crippen molar-refractivity contribution in [2.75, 3.05) is 19.8 Å². The smallest absolute Gasteiger partial charge is 0.375 e. The molecule has 1 amide bonds. The second kappa shape index (κ2) is 6.44. The van der Waals surface area contributed by atoms with E-state index in [0.717, 1.165) is 5.57 Å². The van der Waals surface area contributed by atoms with Crippen LogP contribution in [0.15, 0.2) is 12.2 Å². The molecule has 0 aliphatic rings. The summed E-state index contributed by atoms with van der Waals surface area (Å²) in [6, 6.07) is 0. The van der Waals surface area contributed by atoms with E-state index in [-0.39, 0.29) is 13.2 Å². The second-order valence-electron chi connectivity index (χ2n) is 3.15. The molecular weight excluding hydrogens is 211 g/mol. The molecule has 3 nitrogen and oxygen atoms in total. The van der Waals surface area contributed by atoms with Gasteiger partial charge in [0, 0.05) is 6.54 Å². The van der Waals surface area contributed by atoms with Crippen molar-refractivity contribution in [3.8, 4) is 0 Å². The van der Waals surface area contributed by atoms with Gasteiger partial charge in [-0.15, -0.1) is 0 Å². The summed E-state index contributed by atoms with van der Waals surface area (Å²) in [7, 11) is 0. The number of hydrogen-bond donors (Lipinski definition) is 1. The van der Waals surface area contributed by atoms with Gasteiger partial charge in [0.25, 0.3) is 0 Å². The average Bonchev–Trinajstić information content (AvgIpc) is 1.99. The summed E-state index contributed by atoms with van der Waals surface area (Å²) >= 11 is 0. The highest BCUT2D eigenvalue weighted by molar-refractivity contribution is 5.76. The van der Waals surface area contributed by atoms with E-state index >= 15 is 0 Å². The summed E-state index contributed by atoms with van der Waals surface area (Å²) in [5, 5.41) is 2.10. The number of ether oxygens (including phenoxy) is 1. The first-order valence-electron chi connectivity index (χ1n) is 4.37. The first-order valence-corrected chi connectivity index (χ1v) is 4.37. The first-order chi connectivity index (χ1) is 6.81. The molecule has 0 saturated heterocycles. The lowest BCUT2D eigenvalue weighted by molar-refractivity contribution is -0.153. The quantitative estimate of drug-likeness (QED) is 0.551. The zero-order valence-electron chi connectivity index (χ0n) is 8.49. The highest BCUT2D eigenvalue weighted by Gasteiger charge is 2.30. The minimum absolute atomic E-state index is 0.0716. The van der Waals surface area contributed by atoms with Crippen molar-refractivity contribution >= 4 is 5.91 Å². The van der Waals surface area contributed by atoms with Gasteiger partial charge in [-0.3, -0.25) is 4.79 Å². The van der Waals surface area contributed by atoms with Crippen LogP contribution < -0.4 is 5.32 Å². The molecule has 0 aromatic carbocycles. The minimum atomic E-state index is -4.46. The van der Waals surface area contributed by atoms with E-state index in [2.05, 4.69) is 11.9 Å². The van der Waals surface area contributed by atoms with E-state index in [1.165, 1.54) is 0 Å². The van der Waals surface area contributed by atoms with Crippen molar-refractivity contribution in [2.24, 2.45) is 0 Å². The molecule has 0 aliphatic heterocycles. The maximum Gasteiger partial charge on any atom is 0.397 e. The topological polar surface area (TPSA) is 38.3 Å². The number of hydrogen-bond acceptors (Lipinski definition) is 2. The minimum Gasteiger partial charge on any atom is -0.375 e. The molecule has 0 aliphatic carbocycles. The third-order valence-corrected chi connectivity index (χ3v) is 1.28. The van der Waals surface area contributed by atoms with Crippen molar-refractivity contribution in [1.82, 2.24) is 5.32 Å². The maximum atomic E-state index is 11.7.